The van der Waals surface area contributed by atoms with Crippen LogP contribution in [0.3, 0.4) is 0 Å². The van der Waals surface area contributed by atoms with Gasteiger partial charge >= 0.3 is 140 Å². The van der Waals surface area contributed by atoms with Gasteiger partial charge in [0.25, 0.3) is 0 Å². The van der Waals surface area contributed by atoms with Gasteiger partial charge in [-0.1, -0.05) is 0 Å². The fourth-order valence-electron chi connectivity index (χ4n) is 1.88. The molecule has 2 unspecified atom stereocenters. The molecule has 0 aliphatic heterocycles. The van der Waals surface area contributed by atoms with Crippen LogP contribution in [0, 0.1) is 25.3 Å². The molecule has 3 nitrogen and oxygen atoms in total. The van der Waals surface area contributed by atoms with Gasteiger partial charge in [0.15, 0.2) is 0 Å². The van der Waals surface area contributed by atoms with Crippen molar-refractivity contribution in [3.63, 3.8) is 0 Å². The van der Waals surface area contributed by atoms with E-state index in [4.69, 9.17) is 16.1 Å². The van der Waals surface area contributed by atoms with Crippen molar-refractivity contribution >= 4 is 25.8 Å². The molecule has 0 spiro atoms. The second-order valence-corrected chi connectivity index (χ2v) is 6.85. The van der Waals surface area contributed by atoms with Crippen LogP contribution in [-0.4, -0.2) is 28.4 Å². The summed E-state index contributed by atoms with van der Waals surface area (Å²) >= 11 is 4.79. The molecule has 1 fully saturated rings. The predicted molar refractivity (Wildman–Crippen MR) is 78.6 cm³/mol. The van der Waals surface area contributed by atoms with E-state index in [-0.39, 0.29) is 49.4 Å². The van der Waals surface area contributed by atoms with E-state index in [1.165, 1.54) is 23.3 Å². The molecule has 2 atom stereocenters. The number of methoxy groups -OCH3 is 1. The average Bonchev–Trinajstić information content (AvgIpc) is 2.61. The summed E-state index contributed by atoms with van der Waals surface area (Å²) in [6.45, 7) is 7.93. The van der Waals surface area contributed by atoms with Crippen LogP contribution in [-0.2, 0) is 66.3 Å². The number of alkyl halides is 1. The third kappa shape index (κ3) is 6.89. The molecular weight excluding hydrogens is 581 g/mol. The molecule has 0 aromatic carbocycles. The number of carbonyl (C=O) groups excluding carboxylic acids is 1. The van der Waals surface area contributed by atoms with Gasteiger partial charge in [-0.25, -0.2) is 0 Å². The van der Waals surface area contributed by atoms with Crippen molar-refractivity contribution in [1.29, 1.82) is 0 Å². The SMILES string of the molecule is [CH-]=C(/C=C1/C[CH-]C[CH-]C(C(Br)C(=O)OCC)[C]1=[W])OC.[Y]. The Hall–Kier alpha value is 0.892. The summed E-state index contributed by atoms with van der Waals surface area (Å²) in [5, 5.41) is 0. The summed E-state index contributed by atoms with van der Waals surface area (Å²) < 4.78 is 11.3. The topological polar surface area (TPSA) is 35.5 Å². The van der Waals surface area contributed by atoms with E-state index >= 15 is 0 Å². The Labute approximate surface area is 171 Å². The number of hydrogen-bond acceptors (Lipinski definition) is 3. The van der Waals surface area contributed by atoms with Crippen LogP contribution < -0.4 is 0 Å². The molecule has 1 saturated carbocycles. The molecule has 0 saturated heterocycles. The second kappa shape index (κ2) is 11.4. The quantitative estimate of drug-likeness (QED) is 0.161. The molecule has 1 radical (unpaired) electrons. The van der Waals surface area contributed by atoms with Gasteiger partial charge in [-0.2, -0.15) is 0 Å². The van der Waals surface area contributed by atoms with Gasteiger partial charge in [0.1, 0.15) is 0 Å². The van der Waals surface area contributed by atoms with Gasteiger partial charge in [-0.3, -0.25) is 0 Å². The third-order valence-electron chi connectivity index (χ3n) is 2.92. The maximum absolute atomic E-state index is 11.9. The fourth-order valence-corrected chi connectivity index (χ4v) is 4.53. The summed E-state index contributed by atoms with van der Waals surface area (Å²) in [6.07, 6.45) is 7.84. The van der Waals surface area contributed by atoms with Gasteiger partial charge in [-0.15, -0.1) is 0 Å². The Morgan fingerprint density at radius 2 is 2.33 bits per heavy atom. The van der Waals surface area contributed by atoms with Gasteiger partial charge in [0.2, 0.25) is 0 Å². The first-order chi connectivity index (χ1) is 9.51. The van der Waals surface area contributed by atoms with Crippen molar-refractivity contribution in [2.24, 2.45) is 5.92 Å². The van der Waals surface area contributed by atoms with E-state index in [0.29, 0.717) is 12.4 Å². The van der Waals surface area contributed by atoms with Gasteiger partial charge in [0.05, 0.1) is 0 Å². The summed E-state index contributed by atoms with van der Waals surface area (Å²) in [5.74, 6) is 0.186. The summed E-state index contributed by atoms with van der Waals surface area (Å²) in [5.41, 5.74) is 1.12. The van der Waals surface area contributed by atoms with Crippen molar-refractivity contribution < 1.29 is 66.3 Å². The zero-order valence-electron chi connectivity index (χ0n) is 12.2. The Bertz CT molecular complexity index is 423. The Kier molecular flexibility index (Phi) is 11.9. The molecule has 0 aromatic rings. The van der Waals surface area contributed by atoms with Crippen LogP contribution >= 0.6 is 15.9 Å². The van der Waals surface area contributed by atoms with Crippen LogP contribution in [0.25, 0.3) is 0 Å². The molecule has 0 N–H and O–H groups in total. The number of esters is 1. The zero-order chi connectivity index (χ0) is 15.1. The van der Waals surface area contributed by atoms with E-state index in [2.05, 4.69) is 28.8 Å². The fraction of sp³-hybridized carbons (Fsp3) is 0.467. The largest absolute Gasteiger partial charge is 0 e. The molecule has 0 amide bonds. The molecule has 0 aromatic heterocycles. The van der Waals surface area contributed by atoms with Gasteiger partial charge in [-0.05, 0) is 0 Å². The maximum atomic E-state index is 11.9. The van der Waals surface area contributed by atoms with Crippen molar-refractivity contribution in [3.8, 4) is 0 Å². The molecular formula is C15H18BrO3WY-3. The Balaban J connectivity index is 0.00000400. The van der Waals surface area contributed by atoms with Gasteiger partial charge in [0, 0.05) is 32.7 Å². The summed E-state index contributed by atoms with van der Waals surface area (Å²) in [6, 6.07) is 0. The number of ether oxygens (including phenoxy) is 2. The molecule has 1 rings (SSSR count). The second-order valence-electron chi connectivity index (χ2n) is 4.28. The monoisotopic (exact) mass is 598 g/mol. The molecule has 6 heteroatoms. The van der Waals surface area contributed by atoms with Crippen LogP contribution in [0.1, 0.15) is 19.8 Å². The standard InChI is InChI=1S/C15H18BrO3.W.Y/c1-4-19-15(17)14(16)13-8-6-5-7-12(10-13)9-11(2)18-3;;/h2,5,8-9,13-14H,4,6-7H2,1,3H3;;/q-3;;/b12-9-;;. The minimum atomic E-state index is -0.353. The van der Waals surface area contributed by atoms with Gasteiger partial charge < -0.3 is 0 Å². The zero-order valence-corrected chi connectivity index (χ0v) is 19.5. The number of allylic oxidation sites excluding steroid dienone is 2. The van der Waals surface area contributed by atoms with Crippen molar-refractivity contribution in [3.05, 3.63) is 36.8 Å². The summed E-state index contributed by atoms with van der Waals surface area (Å²) in [7, 11) is 1.55. The molecule has 21 heavy (non-hydrogen) atoms. The molecule has 1 aliphatic rings. The first-order valence-corrected chi connectivity index (χ1v) is 8.76. The number of halogens is 1. The van der Waals surface area contributed by atoms with E-state index in [0.717, 1.165) is 18.4 Å². The van der Waals surface area contributed by atoms with E-state index in [1.807, 2.05) is 13.0 Å². The van der Waals surface area contributed by atoms with E-state index in [9.17, 15) is 4.79 Å². The minimum Gasteiger partial charge on any atom is 0 e. The van der Waals surface area contributed by atoms with Crippen molar-refractivity contribution in [1.82, 2.24) is 0 Å². The number of hydrogen-bond donors (Lipinski definition) is 0. The smallest absolute Gasteiger partial charge is 0 e. The molecule has 1 aliphatic carbocycles. The first kappa shape index (κ1) is 21.9. The maximum Gasteiger partial charge on any atom is 0 e. The first-order valence-electron chi connectivity index (χ1n) is 6.38. The average molecular weight is 599 g/mol. The van der Waals surface area contributed by atoms with Crippen LogP contribution in [0.15, 0.2) is 17.4 Å². The minimum absolute atomic E-state index is 0. The van der Waals surface area contributed by atoms with Crippen LogP contribution in [0.5, 0.6) is 0 Å². The number of carbonyl (C=O) groups is 1. The third-order valence-corrected chi connectivity index (χ3v) is 5.78. The number of rotatable bonds is 5. The van der Waals surface area contributed by atoms with E-state index < -0.39 is 0 Å². The molecule has 115 valence electrons. The van der Waals surface area contributed by atoms with E-state index in [1.54, 1.807) is 7.11 Å². The van der Waals surface area contributed by atoms with Crippen molar-refractivity contribution in [2.75, 3.05) is 13.7 Å². The Morgan fingerprint density at radius 3 is 2.90 bits per heavy atom. The molecule has 0 heterocycles. The summed E-state index contributed by atoms with van der Waals surface area (Å²) in [4.78, 5) is 11.6. The van der Waals surface area contributed by atoms with Crippen molar-refractivity contribution in [2.45, 2.75) is 24.6 Å². The predicted octanol–water partition coefficient (Wildman–Crippen LogP) is 2.74. The van der Waals surface area contributed by atoms with Crippen LogP contribution in [0.2, 0.25) is 0 Å². The Morgan fingerprint density at radius 1 is 1.67 bits per heavy atom. The normalized spacial score (nSPS) is 22.0. The van der Waals surface area contributed by atoms with Crippen LogP contribution in [0.4, 0.5) is 0 Å². The molecule has 0 bridgehead atoms.